The number of esters is 1. The normalized spacial score (nSPS) is 19.4. The second-order valence-electron chi connectivity index (χ2n) is 5.93. The van der Waals surface area contributed by atoms with E-state index in [-0.39, 0.29) is 18.1 Å². The number of sulfone groups is 1. The zero-order valence-electron chi connectivity index (χ0n) is 14.8. The van der Waals surface area contributed by atoms with E-state index < -0.39 is 33.9 Å². The first-order valence-electron chi connectivity index (χ1n) is 8.35. The first-order chi connectivity index (χ1) is 12.3. The van der Waals surface area contributed by atoms with Crippen molar-refractivity contribution >= 4 is 21.7 Å². The lowest BCUT2D eigenvalue weighted by molar-refractivity contribution is -0.156. The zero-order valence-corrected chi connectivity index (χ0v) is 15.6. The number of hydrogen-bond donors (Lipinski definition) is 1. The summed E-state index contributed by atoms with van der Waals surface area (Å²) in [5.41, 5.74) is 0. The number of hydrogen-bond acceptors (Lipinski definition) is 7. The summed E-state index contributed by atoms with van der Waals surface area (Å²) in [7, 11) is -3.09. The Morgan fingerprint density at radius 1 is 1.19 bits per heavy atom. The lowest BCUT2D eigenvalue weighted by Crippen LogP contribution is -2.43. The van der Waals surface area contributed by atoms with Crippen LogP contribution in [0.3, 0.4) is 0 Å². The maximum Gasteiger partial charge on any atom is 0.344 e. The van der Waals surface area contributed by atoms with Crippen LogP contribution in [0.5, 0.6) is 11.5 Å². The predicted molar refractivity (Wildman–Crippen MR) is 93.9 cm³/mol. The number of amides is 1. The summed E-state index contributed by atoms with van der Waals surface area (Å²) in [6.45, 7) is 3.51. The molecule has 0 aliphatic carbocycles. The van der Waals surface area contributed by atoms with Gasteiger partial charge in [-0.15, -0.1) is 0 Å². The number of carbonyl (C=O) groups excluding carboxylic acids is 2. The number of carbonyl (C=O) groups is 2. The summed E-state index contributed by atoms with van der Waals surface area (Å²) in [6, 6.07) is 6.32. The van der Waals surface area contributed by atoms with Crippen LogP contribution in [0.25, 0.3) is 0 Å². The number of ether oxygens (including phenoxy) is 3. The van der Waals surface area contributed by atoms with Crippen LogP contribution in [0, 0.1) is 0 Å². The maximum absolute atomic E-state index is 12.0. The summed E-state index contributed by atoms with van der Waals surface area (Å²) >= 11 is 0. The smallest absolute Gasteiger partial charge is 0.344 e. The van der Waals surface area contributed by atoms with Crippen molar-refractivity contribution in [3.63, 3.8) is 0 Å². The Labute approximate surface area is 152 Å². The Hall–Kier alpha value is -2.29. The van der Waals surface area contributed by atoms with Crippen LogP contribution in [0.2, 0.25) is 0 Å². The van der Waals surface area contributed by atoms with Crippen molar-refractivity contribution in [1.82, 2.24) is 5.32 Å². The lowest BCUT2D eigenvalue weighted by Gasteiger charge is -2.16. The Kier molecular flexibility index (Phi) is 6.84. The number of nitrogens with one attached hydrogen (secondary N) is 1. The highest BCUT2D eigenvalue weighted by atomic mass is 32.2. The molecule has 144 valence electrons. The van der Waals surface area contributed by atoms with Gasteiger partial charge in [0.15, 0.2) is 22.5 Å². The maximum atomic E-state index is 12.0. The van der Waals surface area contributed by atoms with E-state index in [0.717, 1.165) is 0 Å². The van der Waals surface area contributed by atoms with Crippen molar-refractivity contribution in [2.75, 3.05) is 24.7 Å². The van der Waals surface area contributed by atoms with Crippen LogP contribution < -0.4 is 14.8 Å². The first-order valence-corrected chi connectivity index (χ1v) is 10.2. The summed E-state index contributed by atoms with van der Waals surface area (Å²) < 4.78 is 38.4. The Bertz CT molecular complexity index is 730. The van der Waals surface area contributed by atoms with Gasteiger partial charge in [-0.1, -0.05) is 0 Å². The molecular weight excluding hydrogens is 362 g/mol. The van der Waals surface area contributed by atoms with Gasteiger partial charge in [-0.25, -0.2) is 13.2 Å². The molecule has 1 saturated heterocycles. The molecule has 0 saturated carbocycles. The molecule has 1 aliphatic rings. The van der Waals surface area contributed by atoms with E-state index in [1.165, 1.54) is 6.92 Å². The van der Waals surface area contributed by atoms with E-state index in [4.69, 9.17) is 14.2 Å². The minimum Gasteiger partial charge on any atom is -0.494 e. The fourth-order valence-corrected chi connectivity index (χ4v) is 4.13. The molecule has 9 heteroatoms. The molecule has 1 heterocycles. The van der Waals surface area contributed by atoms with Gasteiger partial charge in [-0.3, -0.25) is 4.79 Å². The molecule has 2 atom stereocenters. The number of rotatable bonds is 8. The van der Waals surface area contributed by atoms with E-state index >= 15 is 0 Å². The molecule has 2 rings (SSSR count). The molecule has 0 bridgehead atoms. The van der Waals surface area contributed by atoms with E-state index in [9.17, 15) is 18.0 Å². The standard InChI is InChI=1S/C17H23NO7S/c1-3-23-14-4-6-15(7-5-14)24-10-16(19)25-12(2)17(20)18-13-8-9-26(21,22)11-13/h4-7,12-13H,3,8-11H2,1-2H3,(H,18,20)/t12-,13+/m0/s1. The predicted octanol–water partition coefficient (Wildman–Crippen LogP) is 0.699. The second kappa shape index (κ2) is 8.88. The second-order valence-corrected chi connectivity index (χ2v) is 8.16. The summed E-state index contributed by atoms with van der Waals surface area (Å²) in [4.78, 5) is 23.8. The Morgan fingerprint density at radius 3 is 2.35 bits per heavy atom. The zero-order chi connectivity index (χ0) is 19.2. The van der Waals surface area contributed by atoms with Gasteiger partial charge in [-0.05, 0) is 44.5 Å². The number of benzene rings is 1. The average molecular weight is 385 g/mol. The van der Waals surface area contributed by atoms with Crippen LogP contribution in [0.1, 0.15) is 20.3 Å². The SMILES string of the molecule is CCOc1ccc(OCC(=O)O[C@@H](C)C(=O)N[C@@H]2CCS(=O)(=O)C2)cc1. The van der Waals surface area contributed by atoms with Gasteiger partial charge in [0.05, 0.1) is 18.1 Å². The van der Waals surface area contributed by atoms with Gasteiger partial charge < -0.3 is 19.5 Å². The molecule has 0 spiro atoms. The van der Waals surface area contributed by atoms with Crippen LogP contribution in [0.15, 0.2) is 24.3 Å². The van der Waals surface area contributed by atoms with E-state index in [1.54, 1.807) is 24.3 Å². The van der Waals surface area contributed by atoms with Gasteiger partial charge in [-0.2, -0.15) is 0 Å². The van der Waals surface area contributed by atoms with Crippen LogP contribution in [-0.2, 0) is 24.2 Å². The molecule has 8 nitrogen and oxygen atoms in total. The van der Waals surface area contributed by atoms with Crippen molar-refractivity contribution in [1.29, 1.82) is 0 Å². The van der Waals surface area contributed by atoms with Gasteiger partial charge >= 0.3 is 5.97 Å². The highest BCUT2D eigenvalue weighted by Crippen LogP contribution is 2.17. The molecule has 1 aliphatic heterocycles. The summed E-state index contributed by atoms with van der Waals surface area (Å²) in [6.07, 6.45) is -0.662. The first kappa shape index (κ1) is 20.0. The summed E-state index contributed by atoms with van der Waals surface area (Å²) in [5.74, 6) is -0.0788. The van der Waals surface area contributed by atoms with Crippen molar-refractivity contribution < 1.29 is 32.2 Å². The molecule has 26 heavy (non-hydrogen) atoms. The topological polar surface area (TPSA) is 108 Å². The van der Waals surface area contributed by atoms with Crippen molar-refractivity contribution in [3.05, 3.63) is 24.3 Å². The third kappa shape index (κ3) is 6.21. The molecule has 0 radical (unpaired) electrons. The van der Waals surface area contributed by atoms with E-state index in [0.29, 0.717) is 24.5 Å². The van der Waals surface area contributed by atoms with Crippen LogP contribution in [0.4, 0.5) is 0 Å². The van der Waals surface area contributed by atoms with Gasteiger partial charge in [0.1, 0.15) is 11.5 Å². The van der Waals surface area contributed by atoms with Gasteiger partial charge in [0.2, 0.25) is 0 Å². The van der Waals surface area contributed by atoms with E-state index in [1.807, 2.05) is 6.92 Å². The molecule has 1 N–H and O–H groups in total. The minimum absolute atomic E-state index is 0.0576. The molecule has 0 aromatic heterocycles. The van der Waals surface area contributed by atoms with Crippen molar-refractivity contribution in [2.24, 2.45) is 0 Å². The summed E-state index contributed by atoms with van der Waals surface area (Å²) in [5, 5.41) is 2.58. The molecule has 1 aromatic carbocycles. The fourth-order valence-electron chi connectivity index (χ4n) is 2.45. The highest BCUT2D eigenvalue weighted by Gasteiger charge is 2.30. The molecule has 1 aromatic rings. The monoisotopic (exact) mass is 385 g/mol. The molecule has 1 fully saturated rings. The third-order valence-corrected chi connectivity index (χ3v) is 5.52. The van der Waals surface area contributed by atoms with Crippen LogP contribution >= 0.6 is 0 Å². The molecular formula is C17H23NO7S. The fraction of sp³-hybridized carbons (Fsp3) is 0.529. The lowest BCUT2D eigenvalue weighted by atomic mass is 10.2. The minimum atomic E-state index is -3.09. The average Bonchev–Trinajstić information content (AvgIpc) is 2.93. The molecule has 0 unspecified atom stereocenters. The molecule has 1 amide bonds. The highest BCUT2D eigenvalue weighted by molar-refractivity contribution is 7.91. The quantitative estimate of drug-likeness (QED) is 0.656. The third-order valence-electron chi connectivity index (χ3n) is 3.75. The Balaban J connectivity index is 1.73. The van der Waals surface area contributed by atoms with Gasteiger partial charge in [0, 0.05) is 6.04 Å². The largest absolute Gasteiger partial charge is 0.494 e. The van der Waals surface area contributed by atoms with Crippen LogP contribution in [-0.4, -0.2) is 57.2 Å². The van der Waals surface area contributed by atoms with Crippen molar-refractivity contribution in [3.8, 4) is 11.5 Å². The van der Waals surface area contributed by atoms with Gasteiger partial charge in [0.25, 0.3) is 5.91 Å². The Morgan fingerprint density at radius 2 is 1.81 bits per heavy atom. The van der Waals surface area contributed by atoms with E-state index in [2.05, 4.69) is 5.32 Å². The van der Waals surface area contributed by atoms with Crippen molar-refractivity contribution in [2.45, 2.75) is 32.4 Å².